The van der Waals surface area contributed by atoms with Gasteiger partial charge in [-0.2, -0.15) is 0 Å². The van der Waals surface area contributed by atoms with Crippen LogP contribution in [0.5, 0.6) is 0 Å². The van der Waals surface area contributed by atoms with Gasteiger partial charge < -0.3 is 5.32 Å². The Balaban J connectivity index is 1.89. The Bertz CT molecular complexity index is 234. The molecular weight excluding hydrogens is 230 g/mol. The van der Waals surface area contributed by atoms with Gasteiger partial charge in [0.2, 0.25) is 0 Å². The van der Waals surface area contributed by atoms with Crippen molar-refractivity contribution in [3.63, 3.8) is 0 Å². The predicted molar refractivity (Wildman–Crippen MR) is 86.6 cm³/mol. The Morgan fingerprint density at radius 1 is 0.947 bits per heavy atom. The van der Waals surface area contributed by atoms with Gasteiger partial charge in [0, 0.05) is 12.1 Å². The topological polar surface area (TPSA) is 12.0 Å². The summed E-state index contributed by atoms with van der Waals surface area (Å²) in [5.41, 5.74) is 1.45. The molecule has 19 heavy (non-hydrogen) atoms. The van der Waals surface area contributed by atoms with E-state index in [1.54, 1.807) is 0 Å². The molecule has 0 saturated carbocycles. The maximum Gasteiger partial charge on any atom is 0.0107 e. The van der Waals surface area contributed by atoms with Crippen LogP contribution in [0.4, 0.5) is 0 Å². The minimum absolute atomic E-state index is 0.643. The Morgan fingerprint density at radius 2 is 1.53 bits per heavy atom. The highest BCUT2D eigenvalue weighted by Crippen LogP contribution is 2.21. The number of rotatable bonds is 10. The smallest absolute Gasteiger partial charge is 0.0107 e. The van der Waals surface area contributed by atoms with Crippen molar-refractivity contribution >= 4 is 0 Å². The summed E-state index contributed by atoms with van der Waals surface area (Å²) in [6.07, 6.45) is 16.6. The minimum atomic E-state index is 0.643. The van der Waals surface area contributed by atoms with Crippen LogP contribution < -0.4 is 5.32 Å². The van der Waals surface area contributed by atoms with Crippen LogP contribution in [0, 0.1) is 0 Å². The fraction of sp³-hybridized carbons (Fsp3) is 0.889. The summed E-state index contributed by atoms with van der Waals surface area (Å²) in [5.74, 6) is 0. The first-order valence-corrected chi connectivity index (χ1v) is 8.65. The summed E-state index contributed by atoms with van der Waals surface area (Å²) in [4.78, 5) is 0. The lowest BCUT2D eigenvalue weighted by molar-refractivity contribution is 0.363. The van der Waals surface area contributed by atoms with E-state index in [4.69, 9.17) is 0 Å². The zero-order valence-corrected chi connectivity index (χ0v) is 13.3. The van der Waals surface area contributed by atoms with Crippen LogP contribution in [0.15, 0.2) is 12.2 Å². The second-order valence-corrected chi connectivity index (χ2v) is 6.54. The first-order valence-electron chi connectivity index (χ1n) is 8.65. The molecule has 1 fully saturated rings. The molecule has 1 aliphatic heterocycles. The largest absolute Gasteiger partial charge is 0.311 e. The van der Waals surface area contributed by atoms with E-state index in [1.165, 1.54) is 82.6 Å². The SMILES string of the molecule is C=C1CC(C)N[C@H](CCCCCCCCCCC)C1. The van der Waals surface area contributed by atoms with Crippen molar-refractivity contribution in [1.29, 1.82) is 0 Å². The molecule has 1 nitrogen and oxygen atoms in total. The third-order valence-electron chi connectivity index (χ3n) is 4.31. The molecular formula is C18H35N. The van der Waals surface area contributed by atoms with Gasteiger partial charge in [-0.25, -0.2) is 0 Å². The fourth-order valence-corrected chi connectivity index (χ4v) is 3.27. The Kier molecular flexibility index (Phi) is 9.24. The minimum Gasteiger partial charge on any atom is -0.311 e. The summed E-state index contributed by atoms with van der Waals surface area (Å²) in [5, 5.41) is 3.71. The van der Waals surface area contributed by atoms with Crippen molar-refractivity contribution in [3.8, 4) is 0 Å². The second kappa shape index (κ2) is 10.5. The molecule has 1 unspecified atom stereocenters. The van der Waals surface area contributed by atoms with E-state index < -0.39 is 0 Å². The number of hydrogen-bond donors (Lipinski definition) is 1. The van der Waals surface area contributed by atoms with Gasteiger partial charge in [-0.05, 0) is 26.2 Å². The molecule has 0 bridgehead atoms. The number of unbranched alkanes of at least 4 members (excludes halogenated alkanes) is 8. The van der Waals surface area contributed by atoms with E-state index in [1.807, 2.05) is 0 Å². The lowest BCUT2D eigenvalue weighted by Crippen LogP contribution is -2.41. The van der Waals surface area contributed by atoms with Gasteiger partial charge in [0.15, 0.2) is 0 Å². The van der Waals surface area contributed by atoms with Crippen LogP contribution in [-0.2, 0) is 0 Å². The average Bonchev–Trinajstić information content (AvgIpc) is 2.36. The van der Waals surface area contributed by atoms with Crippen molar-refractivity contribution < 1.29 is 0 Å². The van der Waals surface area contributed by atoms with E-state index in [-0.39, 0.29) is 0 Å². The summed E-state index contributed by atoms with van der Waals surface area (Å²) in [6.45, 7) is 8.74. The molecule has 0 spiro atoms. The third kappa shape index (κ3) is 8.47. The van der Waals surface area contributed by atoms with Crippen molar-refractivity contribution in [1.82, 2.24) is 5.32 Å². The highest BCUT2D eigenvalue weighted by atomic mass is 15.0. The van der Waals surface area contributed by atoms with Gasteiger partial charge in [-0.15, -0.1) is 0 Å². The molecule has 1 N–H and O–H groups in total. The van der Waals surface area contributed by atoms with Crippen molar-refractivity contribution in [2.75, 3.05) is 0 Å². The lowest BCUT2D eigenvalue weighted by Gasteiger charge is -2.30. The molecule has 0 aromatic rings. The van der Waals surface area contributed by atoms with Crippen LogP contribution in [0.25, 0.3) is 0 Å². The van der Waals surface area contributed by atoms with E-state index in [0.29, 0.717) is 12.1 Å². The fourth-order valence-electron chi connectivity index (χ4n) is 3.27. The first kappa shape index (κ1) is 16.8. The van der Waals surface area contributed by atoms with Gasteiger partial charge in [-0.3, -0.25) is 0 Å². The number of hydrogen-bond acceptors (Lipinski definition) is 1. The van der Waals surface area contributed by atoms with Crippen LogP contribution >= 0.6 is 0 Å². The summed E-state index contributed by atoms with van der Waals surface area (Å²) in [6, 6.07) is 1.35. The molecule has 0 radical (unpaired) electrons. The molecule has 1 rings (SSSR count). The molecule has 0 aromatic heterocycles. The highest BCUT2D eigenvalue weighted by molar-refractivity contribution is 5.04. The van der Waals surface area contributed by atoms with Crippen LogP contribution in [0.1, 0.15) is 90.9 Å². The molecule has 0 amide bonds. The average molecular weight is 265 g/mol. The molecule has 1 heteroatoms. The standard InChI is InChI=1S/C18H35N/c1-4-5-6-7-8-9-10-11-12-13-18-15-16(2)14-17(3)19-18/h17-19H,2,4-15H2,1,3H3/t17?,18-/m1/s1. The van der Waals surface area contributed by atoms with E-state index in [9.17, 15) is 0 Å². The van der Waals surface area contributed by atoms with Crippen molar-refractivity contribution in [2.24, 2.45) is 0 Å². The van der Waals surface area contributed by atoms with Crippen molar-refractivity contribution in [2.45, 2.75) is 103 Å². The molecule has 1 aliphatic rings. The summed E-state index contributed by atoms with van der Waals surface area (Å²) < 4.78 is 0. The molecule has 112 valence electrons. The molecule has 2 atom stereocenters. The lowest BCUT2D eigenvalue weighted by atomic mass is 9.92. The van der Waals surface area contributed by atoms with Crippen molar-refractivity contribution in [3.05, 3.63) is 12.2 Å². The normalized spacial score (nSPS) is 23.8. The third-order valence-corrected chi connectivity index (χ3v) is 4.31. The van der Waals surface area contributed by atoms with Gasteiger partial charge in [0.1, 0.15) is 0 Å². The van der Waals surface area contributed by atoms with Gasteiger partial charge in [0.25, 0.3) is 0 Å². The molecule has 0 aromatic carbocycles. The molecule has 0 aliphatic carbocycles. The van der Waals surface area contributed by atoms with E-state index in [2.05, 4.69) is 25.7 Å². The zero-order chi connectivity index (χ0) is 13.9. The highest BCUT2D eigenvalue weighted by Gasteiger charge is 2.19. The Morgan fingerprint density at radius 3 is 2.11 bits per heavy atom. The van der Waals surface area contributed by atoms with Crippen LogP contribution in [-0.4, -0.2) is 12.1 Å². The number of piperidine rings is 1. The second-order valence-electron chi connectivity index (χ2n) is 6.54. The van der Waals surface area contributed by atoms with Crippen LogP contribution in [0.3, 0.4) is 0 Å². The zero-order valence-electron chi connectivity index (χ0n) is 13.3. The predicted octanol–water partition coefficient (Wildman–Crippen LogP) is 5.60. The maximum atomic E-state index is 4.17. The van der Waals surface area contributed by atoms with Gasteiger partial charge >= 0.3 is 0 Å². The van der Waals surface area contributed by atoms with E-state index >= 15 is 0 Å². The molecule has 1 heterocycles. The Hall–Kier alpha value is -0.300. The van der Waals surface area contributed by atoms with E-state index in [0.717, 1.165) is 0 Å². The van der Waals surface area contributed by atoms with Crippen LogP contribution in [0.2, 0.25) is 0 Å². The quantitative estimate of drug-likeness (QED) is 0.400. The van der Waals surface area contributed by atoms with Gasteiger partial charge in [0.05, 0.1) is 0 Å². The molecule has 1 saturated heterocycles. The monoisotopic (exact) mass is 265 g/mol. The first-order chi connectivity index (χ1) is 9.22. The van der Waals surface area contributed by atoms with Gasteiger partial charge in [-0.1, -0.05) is 76.9 Å². The maximum absolute atomic E-state index is 4.17. The summed E-state index contributed by atoms with van der Waals surface area (Å²) >= 11 is 0. The number of nitrogens with one attached hydrogen (secondary N) is 1. The Labute approximate surface area is 121 Å². The summed E-state index contributed by atoms with van der Waals surface area (Å²) in [7, 11) is 0.